The molecule has 5 heteroatoms. The molecule has 132 valence electrons. The fourth-order valence-electron chi connectivity index (χ4n) is 3.35. The largest absolute Gasteiger partial charge is 0.376 e. The molecule has 2 fully saturated rings. The molecule has 2 aliphatic heterocycles. The van der Waals surface area contributed by atoms with Gasteiger partial charge in [-0.1, -0.05) is 24.3 Å². The lowest BCUT2D eigenvalue weighted by Crippen LogP contribution is -2.28. The highest BCUT2D eigenvalue weighted by atomic mass is 16.5. The zero-order valence-electron chi connectivity index (χ0n) is 14.3. The van der Waals surface area contributed by atoms with Crippen molar-refractivity contribution < 1.29 is 14.3 Å². The summed E-state index contributed by atoms with van der Waals surface area (Å²) in [6.45, 7) is 5.38. The van der Waals surface area contributed by atoms with Crippen LogP contribution in [-0.2, 0) is 27.4 Å². The predicted molar refractivity (Wildman–Crippen MR) is 92.6 cm³/mol. The van der Waals surface area contributed by atoms with Gasteiger partial charge in [-0.25, -0.2) is 0 Å². The summed E-state index contributed by atoms with van der Waals surface area (Å²) >= 11 is 0. The van der Waals surface area contributed by atoms with Gasteiger partial charge in [0.2, 0.25) is 5.91 Å². The number of nitrogens with zero attached hydrogens (tertiary/aromatic N) is 1. The number of carbonyl (C=O) groups excluding carboxylic acids is 1. The van der Waals surface area contributed by atoms with Crippen molar-refractivity contribution in [3.63, 3.8) is 0 Å². The lowest BCUT2D eigenvalue weighted by molar-refractivity contribution is -0.127. The van der Waals surface area contributed by atoms with Crippen molar-refractivity contribution >= 4 is 5.91 Å². The van der Waals surface area contributed by atoms with Gasteiger partial charge in [0.25, 0.3) is 0 Å². The molecule has 24 heavy (non-hydrogen) atoms. The SMILES string of the molecule is O=C(COC[C@H]1CCCO1)NCc1cccc(CN2CCCC2)c1. The molecular weight excluding hydrogens is 304 g/mol. The molecule has 1 N–H and O–H groups in total. The van der Waals surface area contributed by atoms with Crippen LogP contribution in [0.2, 0.25) is 0 Å². The van der Waals surface area contributed by atoms with Crippen molar-refractivity contribution in [1.82, 2.24) is 10.2 Å². The molecule has 0 aliphatic carbocycles. The van der Waals surface area contributed by atoms with Crippen LogP contribution >= 0.6 is 0 Å². The number of likely N-dealkylation sites (tertiary alicyclic amines) is 1. The van der Waals surface area contributed by atoms with E-state index in [1.165, 1.54) is 31.5 Å². The van der Waals surface area contributed by atoms with Gasteiger partial charge >= 0.3 is 0 Å². The number of hydrogen-bond acceptors (Lipinski definition) is 4. The van der Waals surface area contributed by atoms with E-state index in [9.17, 15) is 4.79 Å². The molecule has 2 heterocycles. The summed E-state index contributed by atoms with van der Waals surface area (Å²) in [6, 6.07) is 8.47. The molecule has 0 spiro atoms. The highest BCUT2D eigenvalue weighted by Crippen LogP contribution is 2.14. The van der Waals surface area contributed by atoms with E-state index in [2.05, 4.69) is 34.5 Å². The van der Waals surface area contributed by atoms with Crippen LogP contribution in [0.25, 0.3) is 0 Å². The Kier molecular flexibility index (Phi) is 6.64. The number of nitrogens with one attached hydrogen (secondary N) is 1. The van der Waals surface area contributed by atoms with Crippen LogP contribution in [0.15, 0.2) is 24.3 Å². The van der Waals surface area contributed by atoms with Crippen LogP contribution in [-0.4, -0.2) is 49.8 Å². The molecule has 0 radical (unpaired) electrons. The standard InChI is InChI=1S/C19H28N2O3/c22-19(15-23-14-18-7-4-10-24-18)20-12-16-5-3-6-17(11-16)13-21-8-1-2-9-21/h3,5-6,11,18H,1-2,4,7-10,12-15H2,(H,20,22)/t18-/m1/s1. The van der Waals surface area contributed by atoms with E-state index in [-0.39, 0.29) is 18.6 Å². The molecule has 0 bridgehead atoms. The molecular formula is C19H28N2O3. The second-order valence-electron chi connectivity index (χ2n) is 6.73. The van der Waals surface area contributed by atoms with E-state index in [0.717, 1.165) is 31.6 Å². The first-order valence-electron chi connectivity index (χ1n) is 9.06. The minimum absolute atomic E-state index is 0.0713. The fraction of sp³-hybridized carbons (Fsp3) is 0.632. The molecule has 1 aromatic rings. The van der Waals surface area contributed by atoms with E-state index >= 15 is 0 Å². The van der Waals surface area contributed by atoms with Crippen LogP contribution in [0.4, 0.5) is 0 Å². The first-order valence-corrected chi connectivity index (χ1v) is 9.06. The second kappa shape index (κ2) is 9.16. The molecule has 0 saturated carbocycles. The van der Waals surface area contributed by atoms with Crippen molar-refractivity contribution in [2.24, 2.45) is 0 Å². The predicted octanol–water partition coefficient (Wildman–Crippen LogP) is 2.09. The minimum atomic E-state index is -0.0713. The minimum Gasteiger partial charge on any atom is -0.376 e. The van der Waals surface area contributed by atoms with Gasteiger partial charge in [-0.15, -0.1) is 0 Å². The van der Waals surface area contributed by atoms with Crippen LogP contribution in [0, 0.1) is 0 Å². The van der Waals surface area contributed by atoms with Gasteiger partial charge in [0.05, 0.1) is 12.7 Å². The van der Waals surface area contributed by atoms with E-state index in [1.54, 1.807) is 0 Å². The molecule has 1 amide bonds. The van der Waals surface area contributed by atoms with Gasteiger partial charge in [-0.3, -0.25) is 9.69 Å². The van der Waals surface area contributed by atoms with Crippen molar-refractivity contribution in [3.05, 3.63) is 35.4 Å². The Bertz CT molecular complexity index is 523. The Morgan fingerprint density at radius 1 is 1.25 bits per heavy atom. The van der Waals surface area contributed by atoms with Crippen molar-refractivity contribution in [2.75, 3.05) is 32.9 Å². The third kappa shape index (κ3) is 5.58. The summed E-state index contributed by atoms with van der Waals surface area (Å²) in [5.74, 6) is -0.0713. The van der Waals surface area contributed by atoms with Crippen LogP contribution < -0.4 is 5.32 Å². The van der Waals surface area contributed by atoms with Crippen LogP contribution in [0.3, 0.4) is 0 Å². The second-order valence-corrected chi connectivity index (χ2v) is 6.73. The lowest BCUT2D eigenvalue weighted by Gasteiger charge is -2.15. The maximum absolute atomic E-state index is 11.9. The molecule has 1 atom stereocenters. The van der Waals surface area contributed by atoms with Gasteiger partial charge in [-0.2, -0.15) is 0 Å². The molecule has 0 aromatic heterocycles. The molecule has 2 aliphatic rings. The Balaban J connectivity index is 1.36. The third-order valence-electron chi connectivity index (χ3n) is 4.65. The average molecular weight is 332 g/mol. The maximum atomic E-state index is 11.9. The van der Waals surface area contributed by atoms with Gasteiger partial charge in [0.1, 0.15) is 6.61 Å². The van der Waals surface area contributed by atoms with E-state index < -0.39 is 0 Å². The summed E-state index contributed by atoms with van der Waals surface area (Å²) in [6.07, 6.45) is 4.91. The normalized spacial score (nSPS) is 21.2. The molecule has 2 saturated heterocycles. The zero-order chi connectivity index (χ0) is 16.6. The zero-order valence-corrected chi connectivity index (χ0v) is 14.3. The van der Waals surface area contributed by atoms with E-state index in [4.69, 9.17) is 9.47 Å². The smallest absolute Gasteiger partial charge is 0.246 e. The molecule has 3 rings (SSSR count). The van der Waals surface area contributed by atoms with Crippen molar-refractivity contribution in [1.29, 1.82) is 0 Å². The number of benzene rings is 1. The number of amides is 1. The first-order chi connectivity index (χ1) is 11.8. The van der Waals surface area contributed by atoms with E-state index in [0.29, 0.717) is 13.2 Å². The van der Waals surface area contributed by atoms with Crippen LogP contribution in [0.1, 0.15) is 36.8 Å². The number of rotatable bonds is 8. The summed E-state index contributed by atoms with van der Waals surface area (Å²) in [4.78, 5) is 14.4. The highest BCUT2D eigenvalue weighted by molar-refractivity contribution is 5.77. The van der Waals surface area contributed by atoms with Gasteiger partial charge in [-0.05, 0) is 49.9 Å². The summed E-state index contributed by atoms with van der Waals surface area (Å²) in [7, 11) is 0. The molecule has 0 unspecified atom stereocenters. The van der Waals surface area contributed by atoms with Gasteiger partial charge in [0, 0.05) is 19.7 Å². The van der Waals surface area contributed by atoms with Gasteiger partial charge in [0.15, 0.2) is 0 Å². The Morgan fingerprint density at radius 2 is 2.08 bits per heavy atom. The lowest BCUT2D eigenvalue weighted by atomic mass is 10.1. The molecule has 5 nitrogen and oxygen atoms in total. The Morgan fingerprint density at radius 3 is 2.88 bits per heavy atom. The number of carbonyl (C=O) groups is 1. The summed E-state index contributed by atoms with van der Waals surface area (Å²) < 4.78 is 10.9. The highest BCUT2D eigenvalue weighted by Gasteiger charge is 2.16. The quantitative estimate of drug-likeness (QED) is 0.792. The summed E-state index contributed by atoms with van der Waals surface area (Å²) in [5, 5.41) is 2.93. The van der Waals surface area contributed by atoms with Crippen molar-refractivity contribution in [3.8, 4) is 0 Å². The van der Waals surface area contributed by atoms with Crippen molar-refractivity contribution in [2.45, 2.75) is 44.9 Å². The monoisotopic (exact) mass is 332 g/mol. The number of hydrogen-bond donors (Lipinski definition) is 1. The fourth-order valence-corrected chi connectivity index (χ4v) is 3.35. The Labute approximate surface area is 144 Å². The number of ether oxygens (including phenoxy) is 2. The first kappa shape index (κ1) is 17.4. The molecule has 1 aromatic carbocycles. The summed E-state index contributed by atoms with van der Waals surface area (Å²) in [5.41, 5.74) is 2.46. The van der Waals surface area contributed by atoms with Gasteiger partial charge < -0.3 is 14.8 Å². The topological polar surface area (TPSA) is 50.8 Å². The average Bonchev–Trinajstić information content (AvgIpc) is 3.27. The van der Waals surface area contributed by atoms with E-state index in [1.807, 2.05) is 0 Å². The maximum Gasteiger partial charge on any atom is 0.246 e. The Hall–Kier alpha value is -1.43. The van der Waals surface area contributed by atoms with Crippen LogP contribution in [0.5, 0.6) is 0 Å². The third-order valence-corrected chi connectivity index (χ3v) is 4.65.